The highest BCUT2D eigenvalue weighted by atomic mass is 32.1. The first-order valence-corrected chi connectivity index (χ1v) is 11.3. The monoisotopic (exact) mass is 449 g/mol. The van der Waals surface area contributed by atoms with Crippen molar-refractivity contribution >= 4 is 28.3 Å². The summed E-state index contributed by atoms with van der Waals surface area (Å²) in [5.41, 5.74) is 2.46. The van der Waals surface area contributed by atoms with Crippen LogP contribution in [0.4, 0.5) is 0 Å². The molecule has 0 spiro atoms. The van der Waals surface area contributed by atoms with Crippen LogP contribution in [0.1, 0.15) is 5.69 Å². The van der Waals surface area contributed by atoms with Gasteiger partial charge in [0.25, 0.3) is 5.56 Å². The van der Waals surface area contributed by atoms with Crippen molar-refractivity contribution in [1.82, 2.24) is 34.1 Å². The van der Waals surface area contributed by atoms with E-state index in [-0.39, 0.29) is 18.0 Å². The Morgan fingerprint density at radius 2 is 1.91 bits per heavy atom. The summed E-state index contributed by atoms with van der Waals surface area (Å²) in [5.74, 6) is -0.0724. The SMILES string of the molecule is Cn1ncc2c(=O)n(CC(=O)N3CCN(Cc4csc(-c5ccccc5)n4)CC3)cnc21. The molecule has 5 rings (SSSR count). The van der Waals surface area contributed by atoms with Gasteiger partial charge < -0.3 is 4.90 Å². The van der Waals surface area contributed by atoms with Crippen LogP contribution in [0.5, 0.6) is 0 Å². The summed E-state index contributed by atoms with van der Waals surface area (Å²) in [6.07, 6.45) is 2.92. The first-order valence-electron chi connectivity index (χ1n) is 10.5. The fourth-order valence-corrected chi connectivity index (χ4v) is 4.72. The number of hydrogen-bond donors (Lipinski definition) is 0. The van der Waals surface area contributed by atoms with Gasteiger partial charge in [-0.3, -0.25) is 23.7 Å². The summed E-state index contributed by atoms with van der Waals surface area (Å²) in [4.78, 5) is 38.5. The number of piperazine rings is 1. The van der Waals surface area contributed by atoms with Crippen LogP contribution in [0.15, 0.2) is 53.0 Å². The highest BCUT2D eigenvalue weighted by Gasteiger charge is 2.22. The lowest BCUT2D eigenvalue weighted by Crippen LogP contribution is -2.49. The lowest BCUT2D eigenvalue weighted by Gasteiger charge is -2.34. The Labute approximate surface area is 188 Å². The molecule has 1 aromatic carbocycles. The van der Waals surface area contributed by atoms with Crippen molar-refractivity contribution < 1.29 is 4.79 Å². The van der Waals surface area contributed by atoms with Gasteiger partial charge in [0.1, 0.15) is 23.3 Å². The Bertz CT molecular complexity index is 1300. The number of fused-ring (bicyclic) bond motifs is 1. The molecule has 3 aromatic heterocycles. The molecule has 164 valence electrons. The lowest BCUT2D eigenvalue weighted by atomic mass is 10.2. The Morgan fingerprint density at radius 3 is 2.69 bits per heavy atom. The molecule has 0 N–H and O–H groups in total. The van der Waals surface area contributed by atoms with Crippen molar-refractivity contribution in [3.05, 3.63) is 64.3 Å². The Kier molecular flexibility index (Phi) is 5.54. The number of thiazole rings is 1. The zero-order valence-corrected chi connectivity index (χ0v) is 18.5. The third-order valence-corrected chi connectivity index (χ3v) is 6.65. The second kappa shape index (κ2) is 8.64. The van der Waals surface area contributed by atoms with Gasteiger partial charge in [0.2, 0.25) is 5.91 Å². The topological polar surface area (TPSA) is 89.2 Å². The molecule has 4 heterocycles. The highest BCUT2D eigenvalue weighted by molar-refractivity contribution is 7.13. The number of aromatic nitrogens is 5. The summed E-state index contributed by atoms with van der Waals surface area (Å²) in [6, 6.07) is 10.2. The lowest BCUT2D eigenvalue weighted by molar-refractivity contribution is -0.133. The molecule has 1 aliphatic heterocycles. The average molecular weight is 450 g/mol. The van der Waals surface area contributed by atoms with Gasteiger partial charge in [0.15, 0.2) is 5.65 Å². The molecule has 1 amide bonds. The van der Waals surface area contributed by atoms with Crippen LogP contribution < -0.4 is 5.56 Å². The van der Waals surface area contributed by atoms with E-state index in [0.717, 1.165) is 35.9 Å². The third-order valence-electron chi connectivity index (χ3n) is 5.71. The van der Waals surface area contributed by atoms with Crippen LogP contribution in [0.25, 0.3) is 21.6 Å². The number of carbonyl (C=O) groups excluding carboxylic acids is 1. The van der Waals surface area contributed by atoms with Gasteiger partial charge in [-0.15, -0.1) is 11.3 Å². The normalized spacial score (nSPS) is 14.8. The zero-order valence-electron chi connectivity index (χ0n) is 17.7. The van der Waals surface area contributed by atoms with Gasteiger partial charge in [0.05, 0.1) is 11.9 Å². The van der Waals surface area contributed by atoms with Crippen LogP contribution in [0.2, 0.25) is 0 Å². The van der Waals surface area contributed by atoms with E-state index in [4.69, 9.17) is 4.98 Å². The number of nitrogens with zero attached hydrogens (tertiary/aromatic N) is 7. The second-order valence-corrected chi connectivity index (χ2v) is 8.71. The van der Waals surface area contributed by atoms with Crippen LogP contribution in [-0.4, -0.2) is 66.2 Å². The molecule has 1 saturated heterocycles. The van der Waals surface area contributed by atoms with E-state index in [1.54, 1.807) is 23.1 Å². The van der Waals surface area contributed by atoms with Crippen LogP contribution in [0.3, 0.4) is 0 Å². The van der Waals surface area contributed by atoms with E-state index < -0.39 is 0 Å². The number of carbonyl (C=O) groups is 1. The predicted octanol–water partition coefficient (Wildman–Crippen LogP) is 1.60. The smallest absolute Gasteiger partial charge is 0.264 e. The van der Waals surface area contributed by atoms with Crippen molar-refractivity contribution in [3.8, 4) is 10.6 Å². The predicted molar refractivity (Wildman–Crippen MR) is 122 cm³/mol. The molecule has 0 atom stereocenters. The van der Waals surface area contributed by atoms with Gasteiger partial charge in [-0.1, -0.05) is 30.3 Å². The summed E-state index contributed by atoms with van der Waals surface area (Å²) in [7, 11) is 1.73. The average Bonchev–Trinajstić information content (AvgIpc) is 3.44. The van der Waals surface area contributed by atoms with E-state index in [2.05, 4.69) is 32.5 Å². The van der Waals surface area contributed by atoms with Crippen LogP contribution >= 0.6 is 11.3 Å². The van der Waals surface area contributed by atoms with E-state index in [1.807, 2.05) is 23.1 Å². The number of hydrogen-bond acceptors (Lipinski definition) is 7. The van der Waals surface area contributed by atoms with E-state index in [0.29, 0.717) is 24.1 Å². The third kappa shape index (κ3) is 4.06. The summed E-state index contributed by atoms with van der Waals surface area (Å²) < 4.78 is 2.91. The van der Waals surface area contributed by atoms with Crippen LogP contribution in [0, 0.1) is 0 Å². The summed E-state index contributed by atoms with van der Waals surface area (Å²) in [6.45, 7) is 3.57. The maximum absolute atomic E-state index is 12.8. The Hall–Kier alpha value is -3.37. The largest absolute Gasteiger partial charge is 0.339 e. The number of benzene rings is 1. The second-order valence-electron chi connectivity index (χ2n) is 7.85. The fraction of sp³-hybridized carbons (Fsp3) is 0.318. The zero-order chi connectivity index (χ0) is 22.1. The molecule has 32 heavy (non-hydrogen) atoms. The number of rotatable bonds is 5. The van der Waals surface area contributed by atoms with E-state index >= 15 is 0 Å². The molecule has 0 bridgehead atoms. The van der Waals surface area contributed by atoms with Crippen molar-refractivity contribution in [1.29, 1.82) is 0 Å². The molecular weight excluding hydrogens is 426 g/mol. The molecular formula is C22H23N7O2S. The highest BCUT2D eigenvalue weighted by Crippen LogP contribution is 2.24. The number of amides is 1. The minimum absolute atomic E-state index is 0.0107. The maximum atomic E-state index is 12.8. The van der Waals surface area contributed by atoms with E-state index in [9.17, 15) is 9.59 Å². The standard InChI is InChI=1S/C22H23N7O2S/c1-26-20-18(11-24-26)22(31)29(15-23-20)13-19(30)28-9-7-27(8-10-28)12-17-14-32-21(25-17)16-5-3-2-4-6-16/h2-6,11,14-15H,7-10,12-13H2,1H3. The molecule has 0 radical (unpaired) electrons. The van der Waals surface area contributed by atoms with Gasteiger partial charge in [-0.05, 0) is 0 Å². The van der Waals surface area contributed by atoms with Crippen molar-refractivity contribution in [2.75, 3.05) is 26.2 Å². The number of aryl methyl sites for hydroxylation is 1. The van der Waals surface area contributed by atoms with Crippen molar-refractivity contribution in [2.45, 2.75) is 13.1 Å². The van der Waals surface area contributed by atoms with Gasteiger partial charge in [-0.25, -0.2) is 9.97 Å². The molecule has 0 unspecified atom stereocenters. The minimum Gasteiger partial charge on any atom is -0.339 e. The Morgan fingerprint density at radius 1 is 1.12 bits per heavy atom. The van der Waals surface area contributed by atoms with Gasteiger partial charge >= 0.3 is 0 Å². The van der Waals surface area contributed by atoms with Crippen LogP contribution in [-0.2, 0) is 24.9 Å². The van der Waals surface area contributed by atoms with Crippen molar-refractivity contribution in [2.24, 2.45) is 7.05 Å². The maximum Gasteiger partial charge on any atom is 0.264 e. The van der Waals surface area contributed by atoms with Gasteiger partial charge in [-0.2, -0.15) is 5.10 Å². The molecule has 1 fully saturated rings. The van der Waals surface area contributed by atoms with Crippen molar-refractivity contribution in [3.63, 3.8) is 0 Å². The molecule has 9 nitrogen and oxygen atoms in total. The molecule has 0 aliphatic carbocycles. The van der Waals surface area contributed by atoms with E-state index in [1.165, 1.54) is 17.1 Å². The quantitative estimate of drug-likeness (QED) is 0.460. The molecule has 1 aliphatic rings. The molecule has 4 aromatic rings. The fourth-order valence-electron chi connectivity index (χ4n) is 3.90. The summed E-state index contributed by atoms with van der Waals surface area (Å²) >= 11 is 1.65. The first kappa shape index (κ1) is 20.5. The first-order chi connectivity index (χ1) is 15.6. The minimum atomic E-state index is -0.243. The molecule has 10 heteroatoms. The summed E-state index contributed by atoms with van der Waals surface area (Å²) in [5, 5.41) is 7.62. The molecule has 0 saturated carbocycles. The van der Waals surface area contributed by atoms with Gasteiger partial charge in [0, 0.05) is 50.7 Å². The Balaban J connectivity index is 1.17.